The Morgan fingerprint density at radius 1 is 1.29 bits per heavy atom. The van der Waals surface area contributed by atoms with Crippen molar-refractivity contribution in [2.45, 2.75) is 50.6 Å². The SMILES string of the molecule is CCOc1c([C@H]2C(C(=O)NC3=C[C@@H](C(N)=O)[N+](=O)C=C3)O[C@](C)(C(F)(F)F)[C@H]2C)ccc(F)c1F. The average molecular weight is 504 g/mol. The maximum atomic E-state index is 14.6. The first-order valence-corrected chi connectivity index (χ1v) is 10.5. The van der Waals surface area contributed by atoms with Gasteiger partial charge in [0.15, 0.2) is 17.2 Å². The first-order valence-electron chi connectivity index (χ1n) is 10.5. The lowest BCUT2D eigenvalue weighted by Gasteiger charge is -2.32. The summed E-state index contributed by atoms with van der Waals surface area (Å²) in [5.41, 5.74) is 2.05. The van der Waals surface area contributed by atoms with E-state index in [1.54, 1.807) is 0 Å². The van der Waals surface area contributed by atoms with Crippen LogP contribution in [0.4, 0.5) is 22.0 Å². The van der Waals surface area contributed by atoms with Crippen molar-refractivity contribution in [3.8, 4) is 5.75 Å². The van der Waals surface area contributed by atoms with Crippen molar-refractivity contribution < 1.29 is 45.8 Å². The summed E-state index contributed by atoms with van der Waals surface area (Å²) in [4.78, 5) is 36.3. The van der Waals surface area contributed by atoms with Crippen LogP contribution in [0.25, 0.3) is 0 Å². The highest BCUT2D eigenvalue weighted by Crippen LogP contribution is 2.54. The van der Waals surface area contributed by atoms with Crippen molar-refractivity contribution in [2.75, 3.05) is 6.61 Å². The summed E-state index contributed by atoms with van der Waals surface area (Å²) in [5.74, 6) is -8.24. The quantitative estimate of drug-likeness (QED) is 0.457. The van der Waals surface area contributed by atoms with Gasteiger partial charge >= 0.3 is 12.2 Å². The molecule has 5 atom stereocenters. The first-order chi connectivity index (χ1) is 16.2. The van der Waals surface area contributed by atoms with E-state index in [2.05, 4.69) is 5.32 Å². The highest BCUT2D eigenvalue weighted by molar-refractivity contribution is 5.86. The summed E-state index contributed by atoms with van der Waals surface area (Å²) in [6.45, 7) is 3.29. The summed E-state index contributed by atoms with van der Waals surface area (Å²) in [6, 6.07) is 0.324. The third-order valence-electron chi connectivity index (χ3n) is 6.23. The van der Waals surface area contributed by atoms with E-state index in [9.17, 15) is 36.4 Å². The third kappa shape index (κ3) is 4.64. The highest BCUT2D eigenvalue weighted by atomic mass is 19.4. The molecule has 3 rings (SSSR count). The van der Waals surface area contributed by atoms with Crippen molar-refractivity contribution in [1.82, 2.24) is 5.32 Å². The molecule has 3 N–H and O–H groups in total. The molecule has 2 amide bonds. The van der Waals surface area contributed by atoms with E-state index in [-0.39, 0.29) is 22.6 Å². The first kappa shape index (κ1) is 26.3. The molecule has 0 saturated carbocycles. The molecule has 0 bridgehead atoms. The number of hydrogen-bond donors (Lipinski definition) is 2. The third-order valence-corrected chi connectivity index (χ3v) is 6.23. The van der Waals surface area contributed by atoms with Gasteiger partial charge in [-0.25, -0.2) is 4.39 Å². The lowest BCUT2D eigenvalue weighted by atomic mass is 9.77. The summed E-state index contributed by atoms with van der Waals surface area (Å²) in [5, 5.41) is 2.31. The maximum Gasteiger partial charge on any atom is 0.417 e. The Kier molecular flexibility index (Phi) is 7.02. The standard InChI is InChI=1S/C22H22F5N3O5/c1-4-34-17-12(5-6-13(23)16(17)24)15-10(2)21(3,22(25,26)27)35-18(15)20(32)29-11-7-8-30(33)14(9-11)19(28)31/h5-10,14-15,18H,4H2,1-3H3,(H2-,28,29,31,32)/p+1/t10-,14-,15-,18?,21-/m0/s1. The normalized spacial score (nSPS) is 28.6. The van der Waals surface area contributed by atoms with Gasteiger partial charge in [-0.15, -0.1) is 0 Å². The molecule has 2 aliphatic heterocycles. The van der Waals surface area contributed by atoms with Crippen LogP contribution in [0.2, 0.25) is 0 Å². The lowest BCUT2D eigenvalue weighted by molar-refractivity contribution is -0.495. The van der Waals surface area contributed by atoms with Crippen molar-refractivity contribution in [1.29, 1.82) is 0 Å². The van der Waals surface area contributed by atoms with Crippen molar-refractivity contribution in [3.63, 3.8) is 0 Å². The van der Waals surface area contributed by atoms with Crippen LogP contribution in [0, 0.1) is 22.5 Å². The number of alkyl halides is 3. The molecule has 8 nitrogen and oxygen atoms in total. The molecule has 1 unspecified atom stereocenters. The Morgan fingerprint density at radius 3 is 2.51 bits per heavy atom. The molecule has 1 saturated heterocycles. The molecule has 0 spiro atoms. The van der Waals surface area contributed by atoms with E-state index in [0.717, 1.165) is 37.4 Å². The number of nitrogens with one attached hydrogen (secondary N) is 1. The van der Waals surface area contributed by atoms with Crippen molar-refractivity contribution in [2.24, 2.45) is 11.7 Å². The zero-order chi connectivity index (χ0) is 26.3. The van der Waals surface area contributed by atoms with E-state index in [1.807, 2.05) is 0 Å². The number of halogens is 5. The molecule has 1 fully saturated rings. The van der Waals surface area contributed by atoms with Gasteiger partial charge in [0.2, 0.25) is 12.0 Å². The minimum absolute atomic E-state index is 0.0863. The maximum absolute atomic E-state index is 14.6. The van der Waals surface area contributed by atoms with Crippen LogP contribution < -0.4 is 15.8 Å². The number of amides is 2. The van der Waals surface area contributed by atoms with Crippen LogP contribution in [0.1, 0.15) is 32.3 Å². The Bertz CT molecular complexity index is 1120. The van der Waals surface area contributed by atoms with E-state index < -0.39 is 65.0 Å². The molecule has 1 aromatic rings. The van der Waals surface area contributed by atoms with Gasteiger partial charge in [0.25, 0.3) is 11.8 Å². The molecule has 0 radical (unpaired) electrons. The summed E-state index contributed by atoms with van der Waals surface area (Å²) in [6.07, 6.45) is -3.71. The van der Waals surface area contributed by atoms with Crippen molar-refractivity contribution >= 4 is 11.8 Å². The minimum Gasteiger partial charge on any atom is -0.490 e. The predicted molar refractivity (Wildman–Crippen MR) is 111 cm³/mol. The molecule has 2 heterocycles. The molecule has 1 aromatic carbocycles. The molecule has 190 valence electrons. The van der Waals surface area contributed by atoms with Crippen LogP contribution in [-0.4, -0.2) is 47.1 Å². The summed E-state index contributed by atoms with van der Waals surface area (Å²) < 4.78 is 81.2. The number of primary amides is 1. The van der Waals surface area contributed by atoms with E-state index in [1.165, 1.54) is 13.8 Å². The zero-order valence-electron chi connectivity index (χ0n) is 18.9. The van der Waals surface area contributed by atoms with Gasteiger partial charge in [-0.2, -0.15) is 17.6 Å². The second kappa shape index (κ2) is 9.36. The van der Waals surface area contributed by atoms with Crippen LogP contribution in [-0.2, 0) is 14.3 Å². The molecule has 13 heteroatoms. The van der Waals surface area contributed by atoms with Gasteiger partial charge < -0.3 is 20.5 Å². The number of ether oxygens (including phenoxy) is 2. The molecular formula is C22H23F5N3O5+. The van der Waals surface area contributed by atoms with Crippen LogP contribution in [0.15, 0.2) is 36.2 Å². The molecule has 0 aliphatic carbocycles. The second-order valence-corrected chi connectivity index (χ2v) is 8.30. The Labute approximate surface area is 196 Å². The average Bonchev–Trinajstić information content (AvgIpc) is 3.05. The van der Waals surface area contributed by atoms with Gasteiger partial charge in [-0.3, -0.25) is 9.59 Å². The number of carbonyl (C=O) groups is 2. The Hall–Kier alpha value is -3.35. The number of hydrogen-bond acceptors (Lipinski definition) is 5. The van der Waals surface area contributed by atoms with Crippen LogP contribution >= 0.6 is 0 Å². The Balaban J connectivity index is 2.06. The largest absolute Gasteiger partial charge is 0.490 e. The number of carbonyl (C=O) groups excluding carboxylic acids is 2. The Morgan fingerprint density at radius 2 is 1.94 bits per heavy atom. The van der Waals surface area contributed by atoms with Crippen LogP contribution in [0.3, 0.4) is 0 Å². The number of nitroso groups, excluding NO2 is 1. The van der Waals surface area contributed by atoms with Gasteiger partial charge in [0.05, 0.1) is 12.3 Å². The second-order valence-electron chi connectivity index (χ2n) is 8.30. The zero-order valence-corrected chi connectivity index (χ0v) is 18.9. The molecular weight excluding hydrogens is 481 g/mol. The summed E-state index contributed by atoms with van der Waals surface area (Å²) in [7, 11) is 0. The fourth-order valence-electron chi connectivity index (χ4n) is 4.17. The van der Waals surface area contributed by atoms with Gasteiger partial charge in [-0.05, 0) is 19.9 Å². The topological polar surface area (TPSA) is 111 Å². The monoisotopic (exact) mass is 504 g/mol. The minimum atomic E-state index is -4.92. The predicted octanol–water partition coefficient (Wildman–Crippen LogP) is 2.96. The van der Waals surface area contributed by atoms with Gasteiger partial charge in [0.1, 0.15) is 6.10 Å². The number of nitrogens with two attached hydrogens (primary N) is 1. The number of nitrogens with zero attached hydrogens (tertiary/aromatic N) is 1. The number of benzene rings is 1. The van der Waals surface area contributed by atoms with Gasteiger partial charge in [0, 0.05) is 39.2 Å². The van der Waals surface area contributed by atoms with E-state index in [4.69, 9.17) is 15.2 Å². The highest BCUT2D eigenvalue weighted by Gasteiger charge is 2.66. The number of allylic oxidation sites excluding steroid dienone is 1. The van der Waals surface area contributed by atoms with Crippen LogP contribution in [0.5, 0.6) is 5.75 Å². The number of rotatable bonds is 6. The van der Waals surface area contributed by atoms with E-state index in [0.29, 0.717) is 0 Å². The smallest absolute Gasteiger partial charge is 0.417 e. The fourth-order valence-corrected chi connectivity index (χ4v) is 4.17. The van der Waals surface area contributed by atoms with Gasteiger partial charge in [-0.1, -0.05) is 13.0 Å². The summed E-state index contributed by atoms with van der Waals surface area (Å²) >= 11 is 0. The fraction of sp³-hybridized carbons (Fsp3) is 0.455. The molecule has 35 heavy (non-hydrogen) atoms. The molecule has 0 aromatic heterocycles. The van der Waals surface area contributed by atoms with E-state index >= 15 is 0 Å². The van der Waals surface area contributed by atoms with Crippen molar-refractivity contribution in [3.05, 3.63) is 58.3 Å². The lowest BCUT2D eigenvalue weighted by Crippen LogP contribution is -2.47. The molecule has 2 aliphatic rings.